The van der Waals surface area contributed by atoms with Crippen LogP contribution in [-0.2, 0) is 0 Å². The molecule has 0 spiro atoms. The molecule has 3 nitrogen and oxygen atoms in total. The van der Waals surface area contributed by atoms with Gasteiger partial charge in [0, 0.05) is 12.6 Å². The third-order valence-corrected chi connectivity index (χ3v) is 2.38. The average molecular weight is 153 g/mol. The highest BCUT2D eigenvalue weighted by molar-refractivity contribution is 4.94. The van der Waals surface area contributed by atoms with Crippen molar-refractivity contribution in [2.75, 3.05) is 13.1 Å². The molecular weight excluding hydrogens is 138 g/mol. The lowest BCUT2D eigenvalue weighted by atomic mass is 10.2. The molecule has 0 aromatic heterocycles. The molecule has 1 fully saturated rings. The minimum Gasteiger partial charge on any atom is -0.329 e. The van der Waals surface area contributed by atoms with Crippen LogP contribution in [0.25, 0.3) is 0 Å². The topological polar surface area (TPSA) is 53.0 Å². The molecular formula is C8H15N3. The second-order valence-electron chi connectivity index (χ2n) is 3.07. The van der Waals surface area contributed by atoms with Crippen LogP contribution >= 0.6 is 0 Å². The normalized spacial score (nSPS) is 28.3. The molecule has 0 saturated carbocycles. The van der Waals surface area contributed by atoms with Gasteiger partial charge in [0.05, 0.1) is 12.1 Å². The second-order valence-corrected chi connectivity index (χ2v) is 3.07. The van der Waals surface area contributed by atoms with Gasteiger partial charge in [0.1, 0.15) is 0 Å². The quantitative estimate of drug-likeness (QED) is 0.621. The number of hydrogen-bond donors (Lipinski definition) is 1. The number of rotatable bonds is 2. The summed E-state index contributed by atoms with van der Waals surface area (Å²) in [5.41, 5.74) is 5.57. The van der Waals surface area contributed by atoms with Gasteiger partial charge in [0.15, 0.2) is 0 Å². The Morgan fingerprint density at radius 2 is 2.55 bits per heavy atom. The Morgan fingerprint density at radius 1 is 1.82 bits per heavy atom. The van der Waals surface area contributed by atoms with Crippen LogP contribution in [-0.4, -0.2) is 30.1 Å². The molecule has 0 aliphatic carbocycles. The Bertz CT molecular complexity index is 161. The lowest BCUT2D eigenvalue weighted by Gasteiger charge is -2.24. The van der Waals surface area contributed by atoms with Crippen LogP contribution in [0.2, 0.25) is 0 Å². The van der Waals surface area contributed by atoms with Crippen molar-refractivity contribution in [3.63, 3.8) is 0 Å². The fourth-order valence-corrected chi connectivity index (χ4v) is 1.70. The third kappa shape index (κ3) is 1.70. The van der Waals surface area contributed by atoms with Gasteiger partial charge in [0.2, 0.25) is 0 Å². The molecule has 1 aliphatic heterocycles. The minimum atomic E-state index is 0.0334. The van der Waals surface area contributed by atoms with Crippen LogP contribution in [0.4, 0.5) is 0 Å². The molecule has 2 atom stereocenters. The molecule has 2 N–H and O–H groups in total. The largest absolute Gasteiger partial charge is 0.329 e. The van der Waals surface area contributed by atoms with Crippen molar-refractivity contribution in [2.24, 2.45) is 5.73 Å². The van der Waals surface area contributed by atoms with E-state index in [0.717, 1.165) is 13.0 Å². The van der Waals surface area contributed by atoms with Gasteiger partial charge in [-0.3, -0.25) is 4.90 Å². The zero-order chi connectivity index (χ0) is 8.27. The highest BCUT2D eigenvalue weighted by atomic mass is 15.2. The van der Waals surface area contributed by atoms with Crippen LogP contribution in [0.1, 0.15) is 19.8 Å². The number of hydrogen-bond acceptors (Lipinski definition) is 3. The van der Waals surface area contributed by atoms with Crippen LogP contribution < -0.4 is 5.73 Å². The lowest BCUT2D eigenvalue weighted by Crippen LogP contribution is -2.40. The fourth-order valence-electron chi connectivity index (χ4n) is 1.70. The van der Waals surface area contributed by atoms with Gasteiger partial charge in [-0.15, -0.1) is 0 Å². The van der Waals surface area contributed by atoms with Crippen LogP contribution in [0.15, 0.2) is 0 Å². The van der Waals surface area contributed by atoms with E-state index < -0.39 is 0 Å². The summed E-state index contributed by atoms with van der Waals surface area (Å²) in [6.07, 6.45) is 2.34. The fraction of sp³-hybridized carbons (Fsp3) is 0.875. The van der Waals surface area contributed by atoms with Gasteiger partial charge in [-0.1, -0.05) is 0 Å². The highest BCUT2D eigenvalue weighted by Gasteiger charge is 2.26. The Morgan fingerprint density at radius 3 is 3.09 bits per heavy atom. The van der Waals surface area contributed by atoms with Crippen molar-refractivity contribution in [1.82, 2.24) is 4.90 Å². The maximum absolute atomic E-state index is 8.68. The minimum absolute atomic E-state index is 0.0334. The van der Waals surface area contributed by atoms with E-state index in [0.29, 0.717) is 12.6 Å². The summed E-state index contributed by atoms with van der Waals surface area (Å²) in [5, 5.41) is 8.68. The third-order valence-electron chi connectivity index (χ3n) is 2.38. The van der Waals surface area contributed by atoms with Gasteiger partial charge in [-0.2, -0.15) is 5.26 Å². The lowest BCUT2D eigenvalue weighted by molar-refractivity contribution is 0.231. The smallest absolute Gasteiger partial charge is 0.0952 e. The van der Waals surface area contributed by atoms with E-state index in [-0.39, 0.29) is 6.04 Å². The van der Waals surface area contributed by atoms with Crippen molar-refractivity contribution in [2.45, 2.75) is 31.8 Å². The molecule has 2 unspecified atom stereocenters. The average Bonchev–Trinajstić information content (AvgIpc) is 2.50. The van der Waals surface area contributed by atoms with E-state index in [1.54, 1.807) is 0 Å². The summed E-state index contributed by atoms with van der Waals surface area (Å²) in [4.78, 5) is 2.19. The van der Waals surface area contributed by atoms with Crippen molar-refractivity contribution in [3.05, 3.63) is 0 Å². The number of likely N-dealkylation sites (tertiary alicyclic amines) is 1. The molecule has 0 aromatic carbocycles. The van der Waals surface area contributed by atoms with Gasteiger partial charge < -0.3 is 5.73 Å². The molecule has 0 amide bonds. The van der Waals surface area contributed by atoms with E-state index >= 15 is 0 Å². The molecule has 3 heteroatoms. The van der Waals surface area contributed by atoms with Crippen molar-refractivity contribution >= 4 is 0 Å². The zero-order valence-electron chi connectivity index (χ0n) is 6.95. The molecule has 1 heterocycles. The Labute approximate surface area is 67.8 Å². The maximum atomic E-state index is 8.68. The van der Waals surface area contributed by atoms with Gasteiger partial charge in [0.25, 0.3) is 0 Å². The van der Waals surface area contributed by atoms with Crippen molar-refractivity contribution in [3.8, 4) is 6.07 Å². The van der Waals surface area contributed by atoms with E-state index in [9.17, 15) is 0 Å². The first-order chi connectivity index (χ1) is 5.29. The van der Waals surface area contributed by atoms with Crippen LogP contribution in [0, 0.1) is 11.3 Å². The summed E-state index contributed by atoms with van der Waals surface area (Å²) in [5.74, 6) is 0. The number of nitrogens with zero attached hydrogens (tertiary/aromatic N) is 2. The molecule has 1 saturated heterocycles. The SMILES string of the molecule is CC(C#N)N1CCCC1CN. The Hall–Kier alpha value is -0.590. The molecule has 0 bridgehead atoms. The predicted octanol–water partition coefficient (Wildman–Crippen LogP) is 0.322. The van der Waals surface area contributed by atoms with E-state index in [1.807, 2.05) is 6.92 Å². The molecule has 62 valence electrons. The van der Waals surface area contributed by atoms with E-state index in [2.05, 4.69) is 11.0 Å². The van der Waals surface area contributed by atoms with Gasteiger partial charge in [-0.25, -0.2) is 0 Å². The first-order valence-electron chi connectivity index (χ1n) is 4.15. The number of nitrogens with two attached hydrogens (primary N) is 1. The van der Waals surface area contributed by atoms with Crippen molar-refractivity contribution < 1.29 is 0 Å². The summed E-state index contributed by atoms with van der Waals surface area (Å²) in [6, 6.07) is 2.72. The van der Waals surface area contributed by atoms with Crippen LogP contribution in [0.5, 0.6) is 0 Å². The van der Waals surface area contributed by atoms with Gasteiger partial charge >= 0.3 is 0 Å². The van der Waals surface area contributed by atoms with Crippen molar-refractivity contribution in [1.29, 1.82) is 5.26 Å². The molecule has 1 aliphatic rings. The van der Waals surface area contributed by atoms with E-state index in [1.165, 1.54) is 6.42 Å². The predicted molar refractivity (Wildman–Crippen MR) is 43.9 cm³/mol. The Kier molecular flexibility index (Phi) is 2.86. The van der Waals surface area contributed by atoms with E-state index in [4.69, 9.17) is 11.0 Å². The first-order valence-corrected chi connectivity index (χ1v) is 4.15. The molecule has 1 rings (SSSR count). The summed E-state index contributed by atoms with van der Waals surface area (Å²) in [6.45, 7) is 3.66. The molecule has 0 radical (unpaired) electrons. The summed E-state index contributed by atoms with van der Waals surface area (Å²) in [7, 11) is 0. The second kappa shape index (κ2) is 3.70. The first kappa shape index (κ1) is 8.51. The Balaban J connectivity index is 2.50. The zero-order valence-corrected chi connectivity index (χ0v) is 6.95. The highest BCUT2D eigenvalue weighted by Crippen LogP contribution is 2.18. The summed E-state index contributed by atoms with van der Waals surface area (Å²) < 4.78 is 0. The molecule has 11 heavy (non-hydrogen) atoms. The standard InChI is InChI=1S/C8H15N3/c1-7(5-9)11-4-2-3-8(11)6-10/h7-8H,2-4,6,10H2,1H3. The monoisotopic (exact) mass is 153 g/mol. The maximum Gasteiger partial charge on any atom is 0.0952 e. The van der Waals surface area contributed by atoms with Gasteiger partial charge in [-0.05, 0) is 26.3 Å². The number of nitriles is 1. The van der Waals surface area contributed by atoms with Crippen LogP contribution in [0.3, 0.4) is 0 Å². The molecule has 0 aromatic rings. The summed E-state index contributed by atoms with van der Waals surface area (Å²) >= 11 is 0.